The van der Waals surface area contributed by atoms with E-state index < -0.39 is 0 Å². The van der Waals surface area contributed by atoms with Crippen LogP contribution in [0.2, 0.25) is 0 Å². The smallest absolute Gasteiger partial charge is 0.205 e. The third-order valence-electron chi connectivity index (χ3n) is 3.45. The molecule has 2 aromatic rings. The number of anilines is 2. The molecule has 4 nitrogen and oxygen atoms in total. The van der Waals surface area contributed by atoms with Crippen molar-refractivity contribution in [2.75, 3.05) is 23.7 Å². The maximum Gasteiger partial charge on any atom is 0.205 e. The number of nitrogens with two attached hydrogens (primary N) is 1. The standard InChI is InChI=1S/C14H18N4/c1-11-10-18(14(15)16-11)13-6-4-12(5-7-13)17-8-2-3-9-17/h4-7,10H,2-3,8-9H2,1H3,(H2,15,16). The van der Waals surface area contributed by atoms with Crippen LogP contribution in [0.4, 0.5) is 11.6 Å². The quantitative estimate of drug-likeness (QED) is 0.879. The average molecular weight is 242 g/mol. The normalized spacial score (nSPS) is 15.3. The minimum atomic E-state index is 0.543. The van der Waals surface area contributed by atoms with Crippen molar-refractivity contribution in [1.82, 2.24) is 9.55 Å². The molecule has 18 heavy (non-hydrogen) atoms. The topological polar surface area (TPSA) is 47.1 Å². The summed E-state index contributed by atoms with van der Waals surface area (Å²) >= 11 is 0. The number of hydrogen-bond acceptors (Lipinski definition) is 3. The fourth-order valence-corrected chi connectivity index (χ4v) is 2.52. The number of benzene rings is 1. The van der Waals surface area contributed by atoms with Crippen LogP contribution in [0.5, 0.6) is 0 Å². The molecule has 2 N–H and O–H groups in total. The number of imidazole rings is 1. The van der Waals surface area contributed by atoms with E-state index in [4.69, 9.17) is 5.73 Å². The summed E-state index contributed by atoms with van der Waals surface area (Å²) in [7, 11) is 0. The largest absolute Gasteiger partial charge is 0.372 e. The molecule has 1 fully saturated rings. The van der Waals surface area contributed by atoms with Gasteiger partial charge in [0.25, 0.3) is 0 Å². The SMILES string of the molecule is Cc1cn(-c2ccc(N3CCCC3)cc2)c(N)n1. The lowest BCUT2D eigenvalue weighted by Gasteiger charge is -2.17. The summed E-state index contributed by atoms with van der Waals surface area (Å²) in [5.74, 6) is 0.543. The fourth-order valence-electron chi connectivity index (χ4n) is 2.52. The summed E-state index contributed by atoms with van der Waals surface area (Å²) in [6.07, 6.45) is 4.56. The molecule has 0 spiro atoms. The lowest BCUT2D eigenvalue weighted by molar-refractivity contribution is 0.949. The Kier molecular flexibility index (Phi) is 2.70. The van der Waals surface area contributed by atoms with Crippen molar-refractivity contribution >= 4 is 11.6 Å². The molecule has 0 atom stereocenters. The summed E-state index contributed by atoms with van der Waals surface area (Å²) < 4.78 is 1.92. The first kappa shape index (κ1) is 11.1. The average Bonchev–Trinajstić information content (AvgIpc) is 2.99. The molecule has 0 radical (unpaired) electrons. The van der Waals surface area contributed by atoms with Crippen LogP contribution in [0.1, 0.15) is 18.5 Å². The van der Waals surface area contributed by atoms with Crippen LogP contribution in [0, 0.1) is 6.92 Å². The Bertz CT molecular complexity index is 535. The maximum absolute atomic E-state index is 5.88. The second-order valence-electron chi connectivity index (χ2n) is 4.82. The van der Waals surface area contributed by atoms with E-state index in [1.807, 2.05) is 17.7 Å². The Hall–Kier alpha value is -1.97. The summed E-state index contributed by atoms with van der Waals surface area (Å²) in [6, 6.07) is 8.53. The van der Waals surface area contributed by atoms with E-state index in [0.717, 1.165) is 11.4 Å². The minimum Gasteiger partial charge on any atom is -0.372 e. The van der Waals surface area contributed by atoms with Gasteiger partial charge in [-0.1, -0.05) is 0 Å². The molecule has 0 saturated carbocycles. The highest BCUT2D eigenvalue weighted by Gasteiger charge is 2.12. The van der Waals surface area contributed by atoms with E-state index in [9.17, 15) is 0 Å². The number of rotatable bonds is 2. The van der Waals surface area contributed by atoms with Crippen molar-refractivity contribution in [3.8, 4) is 5.69 Å². The molecule has 0 aliphatic carbocycles. The zero-order chi connectivity index (χ0) is 12.5. The van der Waals surface area contributed by atoms with E-state index in [2.05, 4.69) is 34.1 Å². The molecule has 1 aromatic heterocycles. The Balaban J connectivity index is 1.88. The van der Waals surface area contributed by atoms with Crippen LogP contribution in [0.25, 0.3) is 5.69 Å². The molecular formula is C14H18N4. The van der Waals surface area contributed by atoms with Crippen molar-refractivity contribution < 1.29 is 0 Å². The Labute approximate surface area is 107 Å². The third-order valence-corrected chi connectivity index (χ3v) is 3.45. The van der Waals surface area contributed by atoms with Gasteiger partial charge < -0.3 is 10.6 Å². The number of hydrogen-bond donors (Lipinski definition) is 1. The minimum absolute atomic E-state index is 0.543. The van der Waals surface area contributed by atoms with E-state index >= 15 is 0 Å². The first-order chi connectivity index (χ1) is 8.74. The third kappa shape index (κ3) is 1.94. The Morgan fingerprint density at radius 1 is 1.06 bits per heavy atom. The van der Waals surface area contributed by atoms with Gasteiger partial charge in [0.1, 0.15) is 0 Å². The van der Waals surface area contributed by atoms with Gasteiger partial charge >= 0.3 is 0 Å². The van der Waals surface area contributed by atoms with Gasteiger partial charge in [0.05, 0.1) is 5.69 Å². The lowest BCUT2D eigenvalue weighted by atomic mass is 10.2. The predicted octanol–water partition coefficient (Wildman–Crippen LogP) is 2.36. The van der Waals surface area contributed by atoms with Gasteiger partial charge in [-0.25, -0.2) is 4.98 Å². The number of aryl methyl sites for hydroxylation is 1. The predicted molar refractivity (Wildman–Crippen MR) is 74.2 cm³/mol. The highest BCUT2D eigenvalue weighted by atomic mass is 15.2. The van der Waals surface area contributed by atoms with E-state index in [0.29, 0.717) is 5.95 Å². The second kappa shape index (κ2) is 4.37. The first-order valence-corrected chi connectivity index (χ1v) is 6.41. The molecular weight excluding hydrogens is 224 g/mol. The fraction of sp³-hybridized carbons (Fsp3) is 0.357. The van der Waals surface area contributed by atoms with Gasteiger partial charge in [-0.2, -0.15) is 0 Å². The second-order valence-corrected chi connectivity index (χ2v) is 4.82. The molecule has 0 bridgehead atoms. The summed E-state index contributed by atoms with van der Waals surface area (Å²) in [4.78, 5) is 6.64. The number of nitrogens with zero attached hydrogens (tertiary/aromatic N) is 3. The van der Waals surface area contributed by atoms with E-state index in [-0.39, 0.29) is 0 Å². The van der Waals surface area contributed by atoms with Crippen molar-refractivity contribution in [2.24, 2.45) is 0 Å². The monoisotopic (exact) mass is 242 g/mol. The molecule has 1 aliphatic rings. The Morgan fingerprint density at radius 2 is 1.67 bits per heavy atom. The van der Waals surface area contributed by atoms with Crippen LogP contribution in [-0.4, -0.2) is 22.6 Å². The molecule has 3 rings (SSSR count). The van der Waals surface area contributed by atoms with Gasteiger partial charge in [-0.15, -0.1) is 0 Å². The molecule has 4 heteroatoms. The highest BCUT2D eigenvalue weighted by Crippen LogP contribution is 2.22. The van der Waals surface area contributed by atoms with Crippen molar-refractivity contribution in [2.45, 2.75) is 19.8 Å². The van der Waals surface area contributed by atoms with E-state index in [1.54, 1.807) is 0 Å². The van der Waals surface area contributed by atoms with Crippen LogP contribution >= 0.6 is 0 Å². The van der Waals surface area contributed by atoms with Gasteiger partial charge in [-0.3, -0.25) is 4.57 Å². The van der Waals surface area contributed by atoms with E-state index in [1.165, 1.54) is 31.6 Å². The van der Waals surface area contributed by atoms with Crippen molar-refractivity contribution in [3.05, 3.63) is 36.2 Å². The van der Waals surface area contributed by atoms with Crippen LogP contribution in [-0.2, 0) is 0 Å². The van der Waals surface area contributed by atoms with Crippen molar-refractivity contribution in [3.63, 3.8) is 0 Å². The number of nitrogen functional groups attached to an aromatic ring is 1. The Morgan fingerprint density at radius 3 is 2.22 bits per heavy atom. The molecule has 1 saturated heterocycles. The lowest BCUT2D eigenvalue weighted by Crippen LogP contribution is -2.17. The van der Waals surface area contributed by atoms with Crippen LogP contribution in [0.15, 0.2) is 30.5 Å². The molecule has 0 unspecified atom stereocenters. The number of aromatic nitrogens is 2. The van der Waals surface area contributed by atoms with Crippen LogP contribution < -0.4 is 10.6 Å². The zero-order valence-corrected chi connectivity index (χ0v) is 10.6. The maximum atomic E-state index is 5.88. The van der Waals surface area contributed by atoms with Crippen LogP contribution in [0.3, 0.4) is 0 Å². The molecule has 1 aliphatic heterocycles. The molecule has 0 amide bonds. The highest BCUT2D eigenvalue weighted by molar-refractivity contribution is 5.53. The zero-order valence-electron chi connectivity index (χ0n) is 10.6. The molecule has 1 aromatic carbocycles. The summed E-state index contributed by atoms with van der Waals surface area (Å²) in [6.45, 7) is 4.29. The van der Waals surface area contributed by atoms with Gasteiger partial charge in [0, 0.05) is 30.7 Å². The van der Waals surface area contributed by atoms with Gasteiger partial charge in [0.15, 0.2) is 0 Å². The summed E-state index contributed by atoms with van der Waals surface area (Å²) in [5.41, 5.74) is 9.18. The van der Waals surface area contributed by atoms with Gasteiger partial charge in [-0.05, 0) is 44.0 Å². The molecule has 94 valence electrons. The first-order valence-electron chi connectivity index (χ1n) is 6.41. The van der Waals surface area contributed by atoms with Gasteiger partial charge in [0.2, 0.25) is 5.95 Å². The summed E-state index contributed by atoms with van der Waals surface area (Å²) in [5, 5.41) is 0. The van der Waals surface area contributed by atoms with Crippen molar-refractivity contribution in [1.29, 1.82) is 0 Å². The molecule has 2 heterocycles.